The first-order valence-electron chi connectivity index (χ1n) is 8.67. The molecule has 0 saturated heterocycles. The second-order valence-electron chi connectivity index (χ2n) is 6.30. The van der Waals surface area contributed by atoms with Gasteiger partial charge in [0, 0.05) is 24.0 Å². The largest absolute Gasteiger partial charge is 0.493 e. The molecule has 1 N–H and O–H groups in total. The SMILES string of the molecule is COc1cccc2c1OC[C@H](C(=O)NCc1cc(-c3cccnc3)no1)C2. The molecule has 4 rings (SSSR count). The van der Waals surface area contributed by atoms with Gasteiger partial charge in [0.15, 0.2) is 17.3 Å². The Morgan fingerprint density at radius 2 is 2.26 bits per heavy atom. The highest BCUT2D eigenvalue weighted by Crippen LogP contribution is 2.36. The molecule has 7 nitrogen and oxygen atoms in total. The minimum atomic E-state index is -0.259. The number of amides is 1. The summed E-state index contributed by atoms with van der Waals surface area (Å²) in [5, 5.41) is 6.91. The Labute approximate surface area is 156 Å². The van der Waals surface area contributed by atoms with E-state index in [4.69, 9.17) is 14.0 Å². The number of rotatable bonds is 5. The van der Waals surface area contributed by atoms with E-state index in [9.17, 15) is 4.79 Å². The summed E-state index contributed by atoms with van der Waals surface area (Å²) < 4.78 is 16.4. The summed E-state index contributed by atoms with van der Waals surface area (Å²) in [7, 11) is 1.61. The van der Waals surface area contributed by atoms with Crippen LogP contribution < -0.4 is 14.8 Å². The van der Waals surface area contributed by atoms with Gasteiger partial charge >= 0.3 is 0 Å². The summed E-state index contributed by atoms with van der Waals surface area (Å²) in [6.45, 7) is 0.587. The minimum absolute atomic E-state index is 0.0807. The zero-order valence-corrected chi connectivity index (χ0v) is 14.8. The van der Waals surface area contributed by atoms with Crippen LogP contribution in [0.4, 0.5) is 0 Å². The zero-order valence-electron chi connectivity index (χ0n) is 14.8. The number of nitrogens with one attached hydrogen (secondary N) is 1. The summed E-state index contributed by atoms with van der Waals surface area (Å²) in [5.74, 6) is 1.66. The molecule has 0 fully saturated rings. The number of pyridine rings is 1. The molecular formula is C20H19N3O4. The number of ether oxygens (including phenoxy) is 2. The van der Waals surface area contributed by atoms with Crippen LogP contribution in [0.25, 0.3) is 11.3 Å². The van der Waals surface area contributed by atoms with Gasteiger partial charge in [0.2, 0.25) is 5.91 Å². The van der Waals surface area contributed by atoms with E-state index in [1.54, 1.807) is 25.6 Å². The molecular weight excluding hydrogens is 346 g/mol. The lowest BCUT2D eigenvalue weighted by molar-refractivity contribution is -0.126. The van der Waals surface area contributed by atoms with E-state index in [2.05, 4.69) is 15.5 Å². The number of hydrogen-bond acceptors (Lipinski definition) is 6. The summed E-state index contributed by atoms with van der Waals surface area (Å²) >= 11 is 0. The van der Waals surface area contributed by atoms with Gasteiger partial charge in [0.1, 0.15) is 12.3 Å². The van der Waals surface area contributed by atoms with Gasteiger partial charge in [-0.2, -0.15) is 0 Å². The quantitative estimate of drug-likeness (QED) is 0.748. The molecule has 0 radical (unpaired) electrons. The van der Waals surface area contributed by atoms with Crippen LogP contribution in [0.15, 0.2) is 53.3 Å². The van der Waals surface area contributed by atoms with Gasteiger partial charge < -0.3 is 19.3 Å². The van der Waals surface area contributed by atoms with Gasteiger partial charge in [-0.15, -0.1) is 0 Å². The Morgan fingerprint density at radius 3 is 3.07 bits per heavy atom. The molecule has 3 heterocycles. The van der Waals surface area contributed by atoms with Crippen LogP contribution in [0.3, 0.4) is 0 Å². The average Bonchev–Trinajstić information content (AvgIpc) is 3.21. The smallest absolute Gasteiger partial charge is 0.227 e. The Hall–Kier alpha value is -3.35. The summed E-state index contributed by atoms with van der Waals surface area (Å²) in [5.41, 5.74) is 2.53. The highest BCUT2D eigenvalue weighted by molar-refractivity contribution is 5.79. The number of benzene rings is 1. The number of aromatic nitrogens is 2. The normalized spacial score (nSPS) is 15.5. The van der Waals surface area contributed by atoms with Crippen molar-refractivity contribution in [1.82, 2.24) is 15.5 Å². The van der Waals surface area contributed by atoms with Gasteiger partial charge in [-0.3, -0.25) is 9.78 Å². The number of methoxy groups -OCH3 is 1. The lowest BCUT2D eigenvalue weighted by Gasteiger charge is -2.25. The van der Waals surface area contributed by atoms with E-state index in [1.807, 2.05) is 30.3 Å². The Bertz CT molecular complexity index is 939. The topological polar surface area (TPSA) is 86.5 Å². The van der Waals surface area contributed by atoms with Gasteiger partial charge in [-0.1, -0.05) is 17.3 Å². The second-order valence-corrected chi connectivity index (χ2v) is 6.30. The molecule has 1 aliphatic heterocycles. The average molecular weight is 365 g/mol. The van der Waals surface area contributed by atoms with Crippen molar-refractivity contribution in [2.75, 3.05) is 13.7 Å². The number of fused-ring (bicyclic) bond motifs is 1. The highest BCUT2D eigenvalue weighted by Gasteiger charge is 2.27. The first-order chi connectivity index (χ1) is 13.2. The molecule has 1 atom stereocenters. The third-order valence-corrected chi connectivity index (χ3v) is 4.50. The number of carbonyl (C=O) groups is 1. The molecule has 3 aromatic rings. The number of carbonyl (C=O) groups excluding carboxylic acids is 1. The third kappa shape index (κ3) is 3.62. The maximum absolute atomic E-state index is 12.5. The number of hydrogen-bond donors (Lipinski definition) is 1. The minimum Gasteiger partial charge on any atom is -0.493 e. The highest BCUT2D eigenvalue weighted by atomic mass is 16.5. The van der Waals surface area contributed by atoms with E-state index < -0.39 is 0 Å². The van der Waals surface area contributed by atoms with Crippen molar-refractivity contribution in [3.05, 3.63) is 60.1 Å². The van der Waals surface area contributed by atoms with Gasteiger partial charge in [0.25, 0.3) is 0 Å². The monoisotopic (exact) mass is 365 g/mol. The van der Waals surface area contributed by atoms with E-state index in [-0.39, 0.29) is 18.4 Å². The van der Waals surface area contributed by atoms with Crippen LogP contribution in [0.2, 0.25) is 0 Å². The lowest BCUT2D eigenvalue weighted by atomic mass is 9.95. The van der Waals surface area contributed by atoms with Crippen LogP contribution in [-0.2, 0) is 17.8 Å². The molecule has 0 spiro atoms. The Balaban J connectivity index is 1.37. The number of nitrogens with zero attached hydrogens (tertiary/aromatic N) is 2. The van der Waals surface area contributed by atoms with Crippen molar-refractivity contribution < 1.29 is 18.8 Å². The van der Waals surface area contributed by atoms with Crippen LogP contribution in [0.1, 0.15) is 11.3 Å². The molecule has 27 heavy (non-hydrogen) atoms. The van der Waals surface area contributed by atoms with E-state index >= 15 is 0 Å². The lowest BCUT2D eigenvalue weighted by Crippen LogP contribution is -2.37. The van der Waals surface area contributed by atoms with Crippen LogP contribution in [-0.4, -0.2) is 29.8 Å². The third-order valence-electron chi connectivity index (χ3n) is 4.50. The molecule has 2 aromatic heterocycles. The van der Waals surface area contributed by atoms with Crippen molar-refractivity contribution in [1.29, 1.82) is 0 Å². The van der Waals surface area contributed by atoms with Crippen molar-refractivity contribution in [2.24, 2.45) is 5.92 Å². The van der Waals surface area contributed by atoms with Crippen molar-refractivity contribution in [3.8, 4) is 22.8 Å². The van der Waals surface area contributed by atoms with E-state index in [0.29, 0.717) is 30.2 Å². The van der Waals surface area contributed by atoms with Crippen molar-refractivity contribution in [3.63, 3.8) is 0 Å². The number of para-hydroxylation sites is 1. The van der Waals surface area contributed by atoms with Crippen LogP contribution in [0.5, 0.6) is 11.5 Å². The van der Waals surface area contributed by atoms with Crippen molar-refractivity contribution in [2.45, 2.75) is 13.0 Å². The molecule has 1 aromatic carbocycles. The maximum Gasteiger partial charge on any atom is 0.227 e. The summed E-state index contributed by atoms with van der Waals surface area (Å²) in [4.78, 5) is 16.6. The first-order valence-corrected chi connectivity index (χ1v) is 8.67. The fraction of sp³-hybridized carbons (Fsp3) is 0.250. The standard InChI is InChI=1S/C20H19N3O4/c1-25-18-6-2-4-13-8-15(12-26-19(13)18)20(24)22-11-16-9-17(23-27-16)14-5-3-7-21-10-14/h2-7,9-10,15H,8,11-12H2,1H3,(H,22,24)/t15-/m1/s1. The van der Waals surface area contributed by atoms with Crippen LogP contribution >= 0.6 is 0 Å². The molecule has 1 amide bonds. The van der Waals surface area contributed by atoms with Crippen molar-refractivity contribution >= 4 is 5.91 Å². The van der Waals surface area contributed by atoms with Gasteiger partial charge in [-0.25, -0.2) is 0 Å². The van der Waals surface area contributed by atoms with Gasteiger partial charge in [-0.05, 0) is 30.2 Å². The molecule has 0 aliphatic carbocycles. The van der Waals surface area contributed by atoms with E-state index in [0.717, 1.165) is 16.9 Å². The summed E-state index contributed by atoms with van der Waals surface area (Å²) in [6, 6.07) is 11.2. The fourth-order valence-electron chi connectivity index (χ4n) is 3.09. The fourth-order valence-corrected chi connectivity index (χ4v) is 3.09. The predicted molar refractivity (Wildman–Crippen MR) is 97.3 cm³/mol. The molecule has 0 bridgehead atoms. The Kier molecular flexibility index (Phi) is 4.74. The van der Waals surface area contributed by atoms with Crippen LogP contribution in [0, 0.1) is 5.92 Å². The van der Waals surface area contributed by atoms with E-state index in [1.165, 1.54) is 0 Å². The summed E-state index contributed by atoms with van der Waals surface area (Å²) in [6.07, 6.45) is 4.02. The molecule has 1 aliphatic rings. The maximum atomic E-state index is 12.5. The Morgan fingerprint density at radius 1 is 1.33 bits per heavy atom. The zero-order chi connectivity index (χ0) is 18.6. The van der Waals surface area contributed by atoms with Gasteiger partial charge in [0.05, 0.1) is 19.6 Å². The molecule has 0 unspecified atom stereocenters. The first kappa shape index (κ1) is 17.1. The molecule has 138 valence electrons. The second kappa shape index (κ2) is 7.49. The molecule has 7 heteroatoms. The predicted octanol–water partition coefficient (Wildman–Crippen LogP) is 2.61. The molecule has 0 saturated carbocycles.